The molecule has 0 amide bonds. The van der Waals surface area contributed by atoms with Crippen molar-refractivity contribution in [1.29, 1.82) is 0 Å². The highest BCUT2D eigenvalue weighted by molar-refractivity contribution is 8.24. The van der Waals surface area contributed by atoms with E-state index in [-0.39, 0.29) is 39.2 Å². The van der Waals surface area contributed by atoms with Crippen molar-refractivity contribution in [2.24, 2.45) is 0 Å². The van der Waals surface area contributed by atoms with Crippen molar-refractivity contribution in [1.82, 2.24) is 9.97 Å². The van der Waals surface area contributed by atoms with Crippen LogP contribution < -0.4 is 15.8 Å². The van der Waals surface area contributed by atoms with Gasteiger partial charge in [0, 0.05) is 58.0 Å². The van der Waals surface area contributed by atoms with Crippen LogP contribution in [0.15, 0.2) is 91.5 Å². The minimum Gasteiger partial charge on any atom is -0.507 e. The van der Waals surface area contributed by atoms with Gasteiger partial charge in [-0.15, -0.1) is 0 Å². The molecule has 10 nitrogen and oxygen atoms in total. The number of benzene rings is 2. The van der Waals surface area contributed by atoms with Gasteiger partial charge in [-0.05, 0) is 124 Å². The molecule has 0 spiro atoms. The highest BCUT2D eigenvalue weighted by Crippen LogP contribution is 2.51. The van der Waals surface area contributed by atoms with E-state index in [1.54, 1.807) is 80.7 Å². The van der Waals surface area contributed by atoms with E-state index < -0.39 is 48.9 Å². The van der Waals surface area contributed by atoms with Crippen LogP contribution in [-0.4, -0.2) is 54.0 Å². The Morgan fingerprint density at radius 2 is 1.06 bits per heavy atom. The smallest absolute Gasteiger partial charge is 0.412 e. The molecule has 4 heterocycles. The fourth-order valence-electron chi connectivity index (χ4n) is 5.80. The molecule has 4 aromatic heterocycles. The van der Waals surface area contributed by atoms with Crippen molar-refractivity contribution in [3.05, 3.63) is 137 Å². The van der Waals surface area contributed by atoms with Crippen LogP contribution in [0.5, 0.6) is 11.5 Å². The summed E-state index contributed by atoms with van der Waals surface area (Å²) in [5.74, 6) is 0.161. The molecule has 0 saturated heterocycles. The maximum Gasteiger partial charge on any atom is 0.412 e. The minimum absolute atomic E-state index is 0.0491. The second kappa shape index (κ2) is 22.6. The summed E-state index contributed by atoms with van der Waals surface area (Å²) in [6.45, 7) is 6.94. The Bertz CT molecular complexity index is 2970. The molecule has 6 aromatic rings. The number of pyridine rings is 2. The Hall–Kier alpha value is -4.09. The van der Waals surface area contributed by atoms with Gasteiger partial charge in [-0.1, -0.05) is 58.4 Å². The van der Waals surface area contributed by atoms with E-state index in [2.05, 4.69) is 26.3 Å². The monoisotopic (exact) mass is 1070 g/mol. The summed E-state index contributed by atoms with van der Waals surface area (Å²) in [6, 6.07) is 17.2. The molecule has 2 atom stereocenters. The summed E-state index contributed by atoms with van der Waals surface area (Å²) < 4.78 is 98.2. The van der Waals surface area contributed by atoms with Crippen molar-refractivity contribution in [2.75, 3.05) is 26.5 Å². The summed E-state index contributed by atoms with van der Waals surface area (Å²) in [6.07, 6.45) is -5.82. The van der Waals surface area contributed by atoms with Crippen molar-refractivity contribution < 1.29 is 53.9 Å². The third kappa shape index (κ3) is 15.7. The first kappa shape index (κ1) is 55.5. The first-order valence-electron chi connectivity index (χ1n) is 19.3. The molecular formula is C44H41Cl3F6N2O8P2S2. The van der Waals surface area contributed by atoms with Gasteiger partial charge in [0.15, 0.2) is 18.1 Å². The van der Waals surface area contributed by atoms with E-state index in [9.17, 15) is 41.0 Å². The molecule has 0 aliphatic carbocycles. The fraction of sp³-hybridized carbons (Fsp3) is 0.273. The van der Waals surface area contributed by atoms with Crippen molar-refractivity contribution in [3.8, 4) is 56.7 Å². The Morgan fingerprint density at radius 3 is 1.46 bits per heavy atom. The van der Waals surface area contributed by atoms with E-state index in [0.717, 1.165) is 22.3 Å². The first-order chi connectivity index (χ1) is 30.9. The molecular weight excluding hydrogens is 1030 g/mol. The molecule has 2 aromatic carbocycles. The van der Waals surface area contributed by atoms with Crippen molar-refractivity contribution >= 4 is 70.2 Å². The van der Waals surface area contributed by atoms with Crippen LogP contribution >= 0.6 is 46.6 Å². The van der Waals surface area contributed by atoms with Gasteiger partial charge >= 0.3 is 23.6 Å². The van der Waals surface area contributed by atoms with Gasteiger partial charge in [-0.3, -0.25) is 9.97 Å². The quantitative estimate of drug-likeness (QED) is 0.103. The third-order valence-electron chi connectivity index (χ3n) is 9.32. The summed E-state index contributed by atoms with van der Waals surface area (Å²) in [5, 5.41) is 11.3. The second-order valence-electron chi connectivity index (χ2n) is 14.8. The molecule has 0 bridgehead atoms. The van der Waals surface area contributed by atoms with Gasteiger partial charge in [0.05, 0.1) is 0 Å². The van der Waals surface area contributed by atoms with Crippen molar-refractivity contribution in [2.45, 2.75) is 53.9 Å². The van der Waals surface area contributed by atoms with Gasteiger partial charge in [-0.2, -0.15) is 26.3 Å². The molecule has 67 heavy (non-hydrogen) atoms. The number of nitrogens with zero attached hydrogens (tertiary/aromatic N) is 2. The van der Waals surface area contributed by atoms with Gasteiger partial charge in [-0.25, -0.2) is 9.59 Å². The Morgan fingerprint density at radius 1 is 0.657 bits per heavy atom. The zero-order valence-electron chi connectivity index (χ0n) is 36.7. The van der Waals surface area contributed by atoms with Gasteiger partial charge in [0.1, 0.15) is 46.2 Å². The number of aromatic nitrogens is 2. The first-order valence-corrected chi connectivity index (χ1v) is 27.2. The number of rotatable bonds is 10. The molecule has 1 N–H and O–H groups in total. The number of alkyl halides is 6. The normalized spacial score (nSPS) is 13.3. The zero-order valence-corrected chi connectivity index (χ0v) is 42.3. The average molecular weight is 1070 g/mol. The SMILES string of the molecule is CP(=S)(Cl)OCC(F)(F)F.Cc1cc(Cl)c(-c2c(O)c(C)c(-c3ccccn3)oc2=O)cc1C.Cc1cc(Cl)c(-c2c(OP(C)(=S)OCC(F)(F)F)c(C)c(-c3ccccn3)oc2=O)cc1C. The average Bonchev–Trinajstić information content (AvgIpc) is 3.23. The van der Waals surface area contributed by atoms with Crippen molar-refractivity contribution in [3.63, 3.8) is 0 Å². The van der Waals surface area contributed by atoms with Gasteiger partial charge in [0.2, 0.25) is 6.49 Å². The highest BCUT2D eigenvalue weighted by atomic mass is 35.7. The van der Waals surface area contributed by atoms with E-state index in [1.807, 2.05) is 27.7 Å². The van der Waals surface area contributed by atoms with Crippen LogP contribution in [0.25, 0.3) is 45.2 Å². The minimum atomic E-state index is -4.59. The topological polar surface area (TPSA) is 134 Å². The lowest BCUT2D eigenvalue weighted by Gasteiger charge is -2.23. The van der Waals surface area contributed by atoms with Crippen LogP contribution in [0.4, 0.5) is 26.3 Å². The summed E-state index contributed by atoms with van der Waals surface area (Å²) in [5.41, 5.74) is 1.98. The highest BCUT2D eigenvalue weighted by Gasteiger charge is 2.33. The molecule has 2 unspecified atom stereocenters. The lowest BCUT2D eigenvalue weighted by molar-refractivity contribution is -0.153. The summed E-state index contributed by atoms with van der Waals surface area (Å²) in [7, 11) is 0. The Kier molecular flexibility index (Phi) is 18.7. The second-order valence-corrected chi connectivity index (χ2v) is 25.9. The molecule has 0 radical (unpaired) electrons. The van der Waals surface area contributed by atoms with E-state index >= 15 is 0 Å². The molecule has 0 saturated carbocycles. The standard InChI is InChI=1S/C22H20ClF3NO4PS.C19H16ClNO3.C3H5ClF3OPS/c1-12-9-15(16(23)10-13(12)2)18-20(31-32(4,33)29-11-22(24,25)26)14(3)19(30-21(18)28)17-7-5-6-8-27-17;1-10-8-13(14(20)9-11(10)2)16-17(22)12(3)18(24-19(16)23)15-6-4-5-7-21-15;1-9(4,10)8-2-3(5,6)7/h5-10H,11H2,1-4H3;4-9,22H,1-3H3;2H2,1H3. The summed E-state index contributed by atoms with van der Waals surface area (Å²) >= 11 is 27.6. The maximum atomic E-state index is 13.2. The van der Waals surface area contributed by atoms with E-state index in [0.29, 0.717) is 38.7 Å². The van der Waals surface area contributed by atoms with Crippen LogP contribution in [-0.2, 0) is 32.7 Å². The molecule has 0 aliphatic heterocycles. The maximum absolute atomic E-state index is 13.2. The van der Waals surface area contributed by atoms with Crippen LogP contribution in [0.3, 0.4) is 0 Å². The van der Waals surface area contributed by atoms with E-state index in [1.165, 1.54) is 19.5 Å². The van der Waals surface area contributed by atoms with Crippen LogP contribution in [0.2, 0.25) is 10.0 Å². The number of hydrogen-bond donors (Lipinski definition) is 1. The zero-order chi connectivity index (χ0) is 50.4. The number of aromatic hydroxyl groups is 1. The number of aryl methyl sites for hydroxylation is 4. The molecule has 0 fully saturated rings. The number of hydrogen-bond acceptors (Lipinski definition) is 12. The fourth-order valence-corrected chi connectivity index (χ4v) is 8.48. The Labute approximate surface area is 406 Å². The molecule has 360 valence electrons. The van der Waals surface area contributed by atoms with Crippen LogP contribution in [0.1, 0.15) is 33.4 Å². The predicted molar refractivity (Wildman–Crippen MR) is 258 cm³/mol. The lowest BCUT2D eigenvalue weighted by Crippen LogP contribution is -2.17. The molecule has 23 heteroatoms. The van der Waals surface area contributed by atoms with Gasteiger partial charge in [0.25, 0.3) is 0 Å². The van der Waals surface area contributed by atoms with Gasteiger partial charge < -0.3 is 27.5 Å². The molecule has 6 rings (SSSR count). The summed E-state index contributed by atoms with van der Waals surface area (Å²) in [4.78, 5) is 34.0. The lowest BCUT2D eigenvalue weighted by atomic mass is 9.99. The Balaban J connectivity index is 0.000000251. The number of halogens is 9. The predicted octanol–water partition coefficient (Wildman–Crippen LogP) is 14.2. The van der Waals surface area contributed by atoms with E-state index in [4.69, 9.17) is 64.1 Å². The third-order valence-corrected chi connectivity index (χ3v) is 12.8. The van der Waals surface area contributed by atoms with Crippen LogP contribution in [0, 0.1) is 41.5 Å². The largest absolute Gasteiger partial charge is 0.507 e. The molecule has 0 aliphatic rings.